The summed E-state index contributed by atoms with van der Waals surface area (Å²) in [5, 5.41) is 9.31. The van der Waals surface area contributed by atoms with Crippen LogP contribution in [0.25, 0.3) is 0 Å². The lowest BCUT2D eigenvalue weighted by Gasteiger charge is -2.22. The number of alkyl halides is 3. The highest BCUT2D eigenvalue weighted by molar-refractivity contribution is 5.85. The van der Waals surface area contributed by atoms with Gasteiger partial charge in [-0.25, -0.2) is 0 Å². The maximum Gasteiger partial charge on any atom is 0.416 e. The van der Waals surface area contributed by atoms with Crippen LogP contribution >= 0.6 is 12.4 Å². The van der Waals surface area contributed by atoms with Crippen molar-refractivity contribution in [3.05, 3.63) is 59.7 Å². The van der Waals surface area contributed by atoms with E-state index < -0.39 is 18.3 Å². The van der Waals surface area contributed by atoms with E-state index in [4.69, 9.17) is 15.2 Å². The molecular weight excluding hydrogens is 359 g/mol. The molecule has 0 radical (unpaired) electrons. The molecule has 8 heteroatoms. The van der Waals surface area contributed by atoms with Crippen LogP contribution in [0.3, 0.4) is 0 Å². The zero-order valence-corrected chi connectivity index (χ0v) is 14.2. The summed E-state index contributed by atoms with van der Waals surface area (Å²) in [6.07, 6.45) is -7.46. The van der Waals surface area contributed by atoms with E-state index in [9.17, 15) is 18.3 Å². The fraction of sp³-hybridized carbons (Fsp3) is 0.294. The summed E-state index contributed by atoms with van der Waals surface area (Å²) in [5.74, 6) is 0.618. The van der Waals surface area contributed by atoms with Crippen molar-refractivity contribution in [1.29, 1.82) is 0 Å². The fourth-order valence-electron chi connectivity index (χ4n) is 2.13. The molecule has 0 amide bonds. The lowest BCUT2D eigenvalue weighted by Crippen LogP contribution is -2.38. The van der Waals surface area contributed by atoms with Crippen LogP contribution in [0.1, 0.15) is 17.2 Å². The molecule has 138 valence electrons. The third-order valence-electron chi connectivity index (χ3n) is 3.49. The highest BCUT2D eigenvalue weighted by Crippen LogP contribution is 2.34. The molecule has 2 aromatic rings. The van der Waals surface area contributed by atoms with Gasteiger partial charge in [0.1, 0.15) is 6.61 Å². The third-order valence-corrected chi connectivity index (χ3v) is 3.49. The summed E-state index contributed by atoms with van der Waals surface area (Å²) in [5.41, 5.74) is 6.52. The molecule has 0 fully saturated rings. The van der Waals surface area contributed by atoms with E-state index in [-0.39, 0.29) is 30.3 Å². The molecule has 2 rings (SSSR count). The second-order valence-corrected chi connectivity index (χ2v) is 5.20. The highest BCUT2D eigenvalue weighted by Gasteiger charge is 2.42. The van der Waals surface area contributed by atoms with Crippen LogP contribution in [0.15, 0.2) is 48.5 Å². The van der Waals surface area contributed by atoms with Crippen LogP contribution in [0.4, 0.5) is 13.2 Å². The molecule has 2 atom stereocenters. The van der Waals surface area contributed by atoms with Crippen LogP contribution < -0.4 is 15.2 Å². The monoisotopic (exact) mass is 377 g/mol. The minimum absolute atomic E-state index is 0. The van der Waals surface area contributed by atoms with Crippen LogP contribution in [0.5, 0.6) is 11.5 Å². The Balaban J connectivity index is 0.00000312. The Kier molecular flexibility index (Phi) is 7.54. The average Bonchev–Trinajstić information content (AvgIpc) is 2.58. The smallest absolute Gasteiger partial charge is 0.416 e. The first-order valence-corrected chi connectivity index (χ1v) is 7.18. The molecule has 0 aliphatic heterocycles. The summed E-state index contributed by atoms with van der Waals surface area (Å²) in [6.45, 7) is 0.220. The number of benzene rings is 2. The minimum atomic E-state index is -4.80. The molecule has 0 unspecified atom stereocenters. The quantitative estimate of drug-likeness (QED) is 0.807. The van der Waals surface area contributed by atoms with Crippen LogP contribution in [0, 0.1) is 0 Å². The maximum atomic E-state index is 12.6. The lowest BCUT2D eigenvalue weighted by atomic mass is 10.0. The summed E-state index contributed by atoms with van der Waals surface area (Å²) >= 11 is 0. The van der Waals surface area contributed by atoms with E-state index in [1.165, 1.54) is 25.3 Å². The summed E-state index contributed by atoms with van der Waals surface area (Å²) in [4.78, 5) is 0. The van der Waals surface area contributed by atoms with Gasteiger partial charge in [-0.05, 0) is 23.3 Å². The Bertz CT molecular complexity index is 668. The molecule has 3 N–H and O–H groups in total. The van der Waals surface area contributed by atoms with Crippen molar-refractivity contribution in [2.75, 3.05) is 7.11 Å². The Morgan fingerprint density at radius 1 is 1.08 bits per heavy atom. The molecule has 0 saturated carbocycles. The number of aliphatic hydroxyl groups excluding tert-OH is 1. The molecule has 0 heterocycles. The van der Waals surface area contributed by atoms with E-state index in [2.05, 4.69) is 0 Å². The number of methoxy groups -OCH3 is 1. The zero-order valence-electron chi connectivity index (χ0n) is 13.4. The van der Waals surface area contributed by atoms with Crippen molar-refractivity contribution in [1.82, 2.24) is 0 Å². The first-order valence-electron chi connectivity index (χ1n) is 7.18. The Hall–Kier alpha value is -1.96. The van der Waals surface area contributed by atoms with Crippen molar-refractivity contribution in [3.63, 3.8) is 0 Å². The Labute approximate surface area is 149 Å². The third kappa shape index (κ3) is 5.52. The Morgan fingerprint density at radius 3 is 2.28 bits per heavy atom. The first kappa shape index (κ1) is 21.1. The maximum absolute atomic E-state index is 12.6. The van der Waals surface area contributed by atoms with Crippen LogP contribution in [-0.2, 0) is 6.61 Å². The van der Waals surface area contributed by atoms with Crippen molar-refractivity contribution in [3.8, 4) is 11.5 Å². The van der Waals surface area contributed by atoms with Crippen molar-refractivity contribution in [2.24, 2.45) is 5.73 Å². The van der Waals surface area contributed by atoms with Gasteiger partial charge in [-0.2, -0.15) is 13.2 Å². The van der Waals surface area contributed by atoms with Gasteiger partial charge in [0.25, 0.3) is 0 Å². The SMILES string of the molecule is COc1ccc([C@@H](N)[C@@H](O)C(F)(F)F)cc1OCc1ccccc1.Cl. The average molecular weight is 378 g/mol. The second-order valence-electron chi connectivity index (χ2n) is 5.20. The highest BCUT2D eigenvalue weighted by atomic mass is 35.5. The van der Waals surface area contributed by atoms with E-state index in [1.54, 1.807) is 0 Å². The van der Waals surface area contributed by atoms with Crippen molar-refractivity contribution >= 4 is 12.4 Å². The lowest BCUT2D eigenvalue weighted by molar-refractivity contribution is -0.210. The molecule has 0 aliphatic rings. The van der Waals surface area contributed by atoms with E-state index in [0.717, 1.165) is 5.56 Å². The molecule has 25 heavy (non-hydrogen) atoms. The zero-order chi connectivity index (χ0) is 17.7. The van der Waals surface area contributed by atoms with Gasteiger partial charge in [0.2, 0.25) is 0 Å². The fourth-order valence-corrected chi connectivity index (χ4v) is 2.13. The number of hydrogen-bond acceptors (Lipinski definition) is 4. The van der Waals surface area contributed by atoms with E-state index in [1.807, 2.05) is 30.3 Å². The van der Waals surface area contributed by atoms with Crippen molar-refractivity contribution < 1.29 is 27.8 Å². The molecule has 0 saturated heterocycles. The van der Waals surface area contributed by atoms with Gasteiger partial charge in [-0.3, -0.25) is 0 Å². The molecule has 0 spiro atoms. The number of halogens is 4. The molecule has 2 aromatic carbocycles. The van der Waals surface area contributed by atoms with Crippen LogP contribution in [-0.4, -0.2) is 24.5 Å². The number of rotatable bonds is 6. The normalized spacial score (nSPS) is 13.5. The van der Waals surface area contributed by atoms with Gasteiger partial charge < -0.3 is 20.3 Å². The van der Waals surface area contributed by atoms with Gasteiger partial charge >= 0.3 is 6.18 Å². The summed E-state index contributed by atoms with van der Waals surface area (Å²) in [7, 11) is 1.43. The largest absolute Gasteiger partial charge is 0.493 e. The van der Waals surface area contributed by atoms with Gasteiger partial charge in [0, 0.05) is 0 Å². The minimum Gasteiger partial charge on any atom is -0.493 e. The summed E-state index contributed by atoms with van der Waals surface area (Å²) in [6, 6.07) is 11.8. The van der Waals surface area contributed by atoms with Gasteiger partial charge in [0.05, 0.1) is 13.2 Å². The topological polar surface area (TPSA) is 64.7 Å². The predicted molar refractivity (Wildman–Crippen MR) is 90.0 cm³/mol. The van der Waals surface area contributed by atoms with E-state index in [0.29, 0.717) is 5.75 Å². The van der Waals surface area contributed by atoms with Crippen LogP contribution in [0.2, 0.25) is 0 Å². The number of nitrogens with two attached hydrogens (primary N) is 1. The molecular formula is C17H19ClF3NO3. The standard InChI is InChI=1S/C17H18F3NO3.ClH/c1-23-13-8-7-12(15(21)16(22)17(18,19)20)9-14(13)24-10-11-5-3-2-4-6-11;/h2-9,15-16,22H,10,21H2,1H3;1H/t15-,16-;/m1./s1. The van der Waals surface area contributed by atoms with Gasteiger partial charge in [0.15, 0.2) is 17.6 Å². The molecule has 0 aromatic heterocycles. The predicted octanol–water partition coefficient (Wildman–Crippen LogP) is 3.62. The van der Waals surface area contributed by atoms with Gasteiger partial charge in [-0.15, -0.1) is 12.4 Å². The second kappa shape index (κ2) is 8.94. The molecule has 0 aliphatic carbocycles. The molecule has 4 nitrogen and oxygen atoms in total. The Morgan fingerprint density at radius 2 is 1.72 bits per heavy atom. The first-order chi connectivity index (χ1) is 11.3. The number of aliphatic hydroxyl groups is 1. The number of ether oxygens (including phenoxy) is 2. The number of hydrogen-bond donors (Lipinski definition) is 2. The van der Waals surface area contributed by atoms with E-state index >= 15 is 0 Å². The summed E-state index contributed by atoms with van der Waals surface area (Å²) < 4.78 is 48.6. The van der Waals surface area contributed by atoms with Crippen molar-refractivity contribution in [2.45, 2.75) is 24.9 Å². The molecule has 0 bridgehead atoms. The van der Waals surface area contributed by atoms with Gasteiger partial charge in [-0.1, -0.05) is 36.4 Å².